The van der Waals surface area contributed by atoms with Gasteiger partial charge in [-0.25, -0.2) is 4.99 Å². The number of guanidine groups is 1. The van der Waals surface area contributed by atoms with Crippen LogP contribution in [0, 0.1) is 0 Å². The standard InChI is InChI=1S/C24H35N5O3.HI/c1-5-25-24(27-16-22(30)19-9-11-21(12-10-19)32-18(2)3)28-17-23(31)29(4)15-13-20-8-6-7-14-26-20;/h6-12,14,18,22,30H,5,13,15-17H2,1-4H3,(H2,25,27,28);1H. The van der Waals surface area contributed by atoms with E-state index in [1.165, 1.54) is 0 Å². The van der Waals surface area contributed by atoms with Gasteiger partial charge in [0.15, 0.2) is 5.96 Å². The number of carbonyl (C=O) groups excluding carboxylic acids is 1. The average Bonchev–Trinajstić information content (AvgIpc) is 2.79. The molecule has 0 saturated carbocycles. The van der Waals surface area contributed by atoms with Crippen molar-refractivity contribution < 1.29 is 14.6 Å². The third kappa shape index (κ3) is 10.8. The van der Waals surface area contributed by atoms with Gasteiger partial charge in [0, 0.05) is 45.0 Å². The van der Waals surface area contributed by atoms with Crippen LogP contribution in [0.4, 0.5) is 0 Å². The molecule has 1 aromatic carbocycles. The number of nitrogens with one attached hydrogen (secondary N) is 2. The summed E-state index contributed by atoms with van der Waals surface area (Å²) in [6.45, 7) is 7.39. The second-order valence-corrected chi connectivity index (χ2v) is 7.71. The number of aliphatic hydroxyl groups excluding tert-OH is 1. The lowest BCUT2D eigenvalue weighted by Crippen LogP contribution is -2.40. The quantitative estimate of drug-likeness (QED) is 0.219. The molecule has 0 aliphatic rings. The van der Waals surface area contributed by atoms with Crippen molar-refractivity contribution in [3.63, 3.8) is 0 Å². The Bertz CT molecular complexity index is 847. The number of aliphatic hydroxyl groups is 1. The highest BCUT2D eigenvalue weighted by atomic mass is 127. The predicted octanol–water partition coefficient (Wildman–Crippen LogP) is 2.78. The fourth-order valence-electron chi connectivity index (χ4n) is 2.91. The van der Waals surface area contributed by atoms with Crippen molar-refractivity contribution in [2.24, 2.45) is 4.99 Å². The van der Waals surface area contributed by atoms with Crippen molar-refractivity contribution in [2.45, 2.75) is 39.4 Å². The molecule has 0 bridgehead atoms. The van der Waals surface area contributed by atoms with E-state index in [-0.39, 0.29) is 49.1 Å². The number of ether oxygens (including phenoxy) is 1. The van der Waals surface area contributed by atoms with Crippen molar-refractivity contribution in [1.29, 1.82) is 0 Å². The van der Waals surface area contributed by atoms with Crippen LogP contribution in [0.25, 0.3) is 0 Å². The summed E-state index contributed by atoms with van der Waals surface area (Å²) in [7, 11) is 1.76. The second-order valence-electron chi connectivity index (χ2n) is 7.71. The van der Waals surface area contributed by atoms with E-state index in [2.05, 4.69) is 20.6 Å². The number of amides is 1. The number of aliphatic imine (C=N–C) groups is 1. The molecular weight excluding hydrogens is 533 g/mol. The van der Waals surface area contributed by atoms with Gasteiger partial charge in [-0.05, 0) is 50.6 Å². The number of halogens is 1. The number of nitrogens with zero attached hydrogens (tertiary/aromatic N) is 3. The topological polar surface area (TPSA) is 99.1 Å². The molecule has 0 saturated heterocycles. The zero-order valence-electron chi connectivity index (χ0n) is 19.8. The van der Waals surface area contributed by atoms with E-state index in [9.17, 15) is 9.90 Å². The van der Waals surface area contributed by atoms with Gasteiger partial charge in [0.1, 0.15) is 12.3 Å². The van der Waals surface area contributed by atoms with E-state index in [4.69, 9.17) is 4.74 Å². The van der Waals surface area contributed by atoms with Crippen LogP contribution in [0.5, 0.6) is 5.75 Å². The summed E-state index contributed by atoms with van der Waals surface area (Å²) in [4.78, 5) is 22.7. The predicted molar refractivity (Wildman–Crippen MR) is 142 cm³/mol. The number of pyridine rings is 1. The van der Waals surface area contributed by atoms with Crippen molar-refractivity contribution in [3.8, 4) is 5.75 Å². The van der Waals surface area contributed by atoms with Gasteiger partial charge >= 0.3 is 0 Å². The Morgan fingerprint density at radius 3 is 2.52 bits per heavy atom. The summed E-state index contributed by atoms with van der Waals surface area (Å²) < 4.78 is 5.63. The summed E-state index contributed by atoms with van der Waals surface area (Å²) in [5.41, 5.74) is 1.72. The Morgan fingerprint density at radius 1 is 1.18 bits per heavy atom. The molecule has 1 atom stereocenters. The molecule has 0 aliphatic carbocycles. The van der Waals surface area contributed by atoms with Gasteiger partial charge in [-0.15, -0.1) is 24.0 Å². The Labute approximate surface area is 213 Å². The SMILES string of the molecule is CCNC(=NCC(=O)N(C)CCc1ccccn1)NCC(O)c1ccc(OC(C)C)cc1.I. The van der Waals surface area contributed by atoms with Gasteiger partial charge in [0.2, 0.25) is 5.91 Å². The van der Waals surface area contributed by atoms with Crippen LogP contribution in [0.1, 0.15) is 38.1 Å². The molecule has 0 aliphatic heterocycles. The number of likely N-dealkylation sites (N-methyl/N-ethyl adjacent to an activating group) is 1. The zero-order chi connectivity index (χ0) is 23.3. The van der Waals surface area contributed by atoms with Crippen LogP contribution >= 0.6 is 24.0 Å². The van der Waals surface area contributed by atoms with E-state index >= 15 is 0 Å². The lowest BCUT2D eigenvalue weighted by Gasteiger charge is -2.18. The van der Waals surface area contributed by atoms with Gasteiger partial charge in [-0.1, -0.05) is 18.2 Å². The average molecular weight is 569 g/mol. The molecule has 2 rings (SSSR count). The normalized spacial score (nSPS) is 12.0. The van der Waals surface area contributed by atoms with Crippen LogP contribution in [-0.4, -0.2) is 66.2 Å². The van der Waals surface area contributed by atoms with E-state index < -0.39 is 6.10 Å². The first kappa shape index (κ1) is 28.6. The number of aromatic nitrogens is 1. The molecule has 0 radical (unpaired) electrons. The Kier molecular flexibility index (Phi) is 13.4. The number of benzene rings is 1. The number of hydrogen-bond donors (Lipinski definition) is 3. The van der Waals surface area contributed by atoms with Gasteiger partial charge in [-0.3, -0.25) is 9.78 Å². The molecule has 1 aromatic heterocycles. The minimum absolute atomic E-state index is 0. The fourth-order valence-corrected chi connectivity index (χ4v) is 2.91. The Hall–Kier alpha value is -2.40. The maximum atomic E-state index is 12.4. The summed E-state index contributed by atoms with van der Waals surface area (Å²) in [6.07, 6.45) is 1.82. The Balaban J connectivity index is 0.00000544. The van der Waals surface area contributed by atoms with Crippen LogP contribution in [-0.2, 0) is 11.2 Å². The number of hydrogen-bond acceptors (Lipinski definition) is 5. The number of carbonyl (C=O) groups is 1. The molecule has 1 heterocycles. The van der Waals surface area contributed by atoms with Crippen LogP contribution in [0.2, 0.25) is 0 Å². The smallest absolute Gasteiger partial charge is 0.244 e. The molecule has 1 unspecified atom stereocenters. The summed E-state index contributed by atoms with van der Waals surface area (Å²) in [5, 5.41) is 16.7. The van der Waals surface area contributed by atoms with Gasteiger partial charge in [-0.2, -0.15) is 0 Å². The molecular formula is C24H36IN5O3. The molecule has 1 amide bonds. The molecule has 33 heavy (non-hydrogen) atoms. The van der Waals surface area contributed by atoms with Crippen LogP contribution < -0.4 is 15.4 Å². The van der Waals surface area contributed by atoms with E-state index in [1.54, 1.807) is 18.1 Å². The minimum Gasteiger partial charge on any atom is -0.491 e. The zero-order valence-corrected chi connectivity index (χ0v) is 22.2. The first-order chi connectivity index (χ1) is 15.4. The van der Waals surface area contributed by atoms with Crippen LogP contribution in [0.3, 0.4) is 0 Å². The van der Waals surface area contributed by atoms with E-state index in [1.807, 2.05) is 63.2 Å². The first-order valence-corrected chi connectivity index (χ1v) is 11.0. The molecule has 182 valence electrons. The maximum Gasteiger partial charge on any atom is 0.244 e. The van der Waals surface area contributed by atoms with Crippen LogP contribution in [0.15, 0.2) is 53.7 Å². The van der Waals surface area contributed by atoms with E-state index in [0.717, 1.165) is 17.0 Å². The third-order valence-electron chi connectivity index (χ3n) is 4.67. The van der Waals surface area contributed by atoms with Crippen molar-refractivity contribution in [1.82, 2.24) is 20.5 Å². The molecule has 8 nitrogen and oxygen atoms in total. The monoisotopic (exact) mass is 569 g/mol. The fraction of sp³-hybridized carbons (Fsp3) is 0.458. The highest BCUT2D eigenvalue weighted by Gasteiger charge is 2.11. The maximum absolute atomic E-state index is 12.4. The highest BCUT2D eigenvalue weighted by Crippen LogP contribution is 2.18. The summed E-state index contributed by atoms with van der Waals surface area (Å²) in [5.74, 6) is 1.17. The number of rotatable bonds is 11. The molecule has 3 N–H and O–H groups in total. The summed E-state index contributed by atoms with van der Waals surface area (Å²) >= 11 is 0. The minimum atomic E-state index is -0.719. The second kappa shape index (κ2) is 15.4. The lowest BCUT2D eigenvalue weighted by atomic mass is 10.1. The van der Waals surface area contributed by atoms with Gasteiger partial charge in [0.05, 0.1) is 12.2 Å². The Morgan fingerprint density at radius 2 is 1.91 bits per heavy atom. The largest absolute Gasteiger partial charge is 0.491 e. The molecule has 0 fully saturated rings. The lowest BCUT2D eigenvalue weighted by molar-refractivity contribution is -0.128. The highest BCUT2D eigenvalue weighted by molar-refractivity contribution is 14.0. The molecule has 0 spiro atoms. The summed E-state index contributed by atoms with van der Waals surface area (Å²) in [6, 6.07) is 13.1. The molecule has 2 aromatic rings. The first-order valence-electron chi connectivity index (χ1n) is 11.0. The molecule has 9 heteroatoms. The van der Waals surface area contributed by atoms with Crippen molar-refractivity contribution in [2.75, 3.05) is 33.2 Å². The van der Waals surface area contributed by atoms with Gasteiger partial charge in [0.25, 0.3) is 0 Å². The van der Waals surface area contributed by atoms with Crippen molar-refractivity contribution in [3.05, 3.63) is 59.9 Å². The van der Waals surface area contributed by atoms with Gasteiger partial charge < -0.3 is 25.4 Å². The van der Waals surface area contributed by atoms with E-state index in [0.29, 0.717) is 25.5 Å². The third-order valence-corrected chi connectivity index (χ3v) is 4.67. The van der Waals surface area contributed by atoms with Crippen molar-refractivity contribution >= 4 is 35.8 Å².